The van der Waals surface area contributed by atoms with E-state index in [1.54, 1.807) is 0 Å². The maximum Gasteiger partial charge on any atom is 0.209 e. The minimum atomic E-state index is -0.230. The summed E-state index contributed by atoms with van der Waals surface area (Å²) in [6.07, 6.45) is 2.19. The molecule has 0 aliphatic carbocycles. The van der Waals surface area contributed by atoms with Crippen molar-refractivity contribution in [1.82, 2.24) is 9.55 Å². The first-order valence-corrected chi connectivity index (χ1v) is 9.92. The molecule has 0 radical (unpaired) electrons. The van der Waals surface area contributed by atoms with Gasteiger partial charge in [-0.25, -0.2) is 9.37 Å². The number of rotatable bonds is 3. The molecular formula is C25H22FN3. The number of fused-ring (bicyclic) bond motifs is 3. The first kappa shape index (κ1) is 17.7. The lowest BCUT2D eigenvalue weighted by Crippen LogP contribution is -2.19. The minimum absolute atomic E-state index is 0.0703. The molecule has 1 aromatic heterocycles. The lowest BCUT2D eigenvalue weighted by atomic mass is 9.98. The van der Waals surface area contributed by atoms with Gasteiger partial charge >= 0.3 is 0 Å². The van der Waals surface area contributed by atoms with Crippen molar-refractivity contribution < 1.29 is 4.39 Å². The van der Waals surface area contributed by atoms with Crippen LogP contribution in [0.15, 0.2) is 78.9 Å². The van der Waals surface area contributed by atoms with E-state index in [4.69, 9.17) is 4.98 Å². The molecule has 1 atom stereocenters. The number of nitrogens with one attached hydrogen (secondary N) is 1. The van der Waals surface area contributed by atoms with Gasteiger partial charge in [0.2, 0.25) is 5.95 Å². The van der Waals surface area contributed by atoms with E-state index in [1.807, 2.05) is 30.3 Å². The van der Waals surface area contributed by atoms with Crippen LogP contribution in [0.5, 0.6) is 0 Å². The monoisotopic (exact) mass is 383 g/mol. The van der Waals surface area contributed by atoms with Gasteiger partial charge in [0.1, 0.15) is 5.82 Å². The van der Waals surface area contributed by atoms with Crippen LogP contribution in [0, 0.1) is 5.82 Å². The van der Waals surface area contributed by atoms with Gasteiger partial charge in [-0.3, -0.25) is 4.57 Å². The molecule has 2 heterocycles. The number of benzene rings is 3. The van der Waals surface area contributed by atoms with E-state index in [0.717, 1.165) is 33.8 Å². The summed E-state index contributed by atoms with van der Waals surface area (Å²) < 4.78 is 15.7. The SMILES string of the molecule is CC(C)c1ccc(C2=C[C@@H](c3ccc(F)cc3)n3c(nc4ccccc43)N2)cc1. The van der Waals surface area contributed by atoms with Crippen molar-refractivity contribution >= 4 is 22.7 Å². The van der Waals surface area contributed by atoms with Crippen molar-refractivity contribution in [3.8, 4) is 0 Å². The Balaban J connectivity index is 1.65. The summed E-state index contributed by atoms with van der Waals surface area (Å²) in [5, 5.41) is 3.50. The molecule has 5 rings (SSSR count). The number of hydrogen-bond donors (Lipinski definition) is 1. The van der Waals surface area contributed by atoms with Crippen LogP contribution in [-0.2, 0) is 0 Å². The van der Waals surface area contributed by atoms with Crippen molar-refractivity contribution in [2.75, 3.05) is 5.32 Å². The summed E-state index contributed by atoms with van der Waals surface area (Å²) >= 11 is 0. The van der Waals surface area contributed by atoms with Crippen LogP contribution < -0.4 is 5.32 Å². The molecule has 3 aromatic carbocycles. The van der Waals surface area contributed by atoms with Crippen molar-refractivity contribution in [2.45, 2.75) is 25.8 Å². The zero-order valence-corrected chi connectivity index (χ0v) is 16.4. The normalized spacial score (nSPS) is 15.9. The topological polar surface area (TPSA) is 29.9 Å². The van der Waals surface area contributed by atoms with Crippen LogP contribution in [0.25, 0.3) is 16.7 Å². The zero-order chi connectivity index (χ0) is 20.0. The highest BCUT2D eigenvalue weighted by Gasteiger charge is 2.25. The molecule has 0 bridgehead atoms. The highest BCUT2D eigenvalue weighted by molar-refractivity contribution is 5.85. The third-order valence-electron chi connectivity index (χ3n) is 5.54. The summed E-state index contributed by atoms with van der Waals surface area (Å²) in [5.74, 6) is 1.06. The smallest absolute Gasteiger partial charge is 0.209 e. The minimum Gasteiger partial charge on any atom is -0.325 e. The predicted molar refractivity (Wildman–Crippen MR) is 116 cm³/mol. The Morgan fingerprint density at radius 2 is 1.66 bits per heavy atom. The number of allylic oxidation sites excluding steroid dienone is 1. The average molecular weight is 383 g/mol. The Bertz CT molecular complexity index is 1200. The quantitative estimate of drug-likeness (QED) is 0.446. The van der Waals surface area contributed by atoms with E-state index in [9.17, 15) is 4.39 Å². The summed E-state index contributed by atoms with van der Waals surface area (Å²) in [7, 11) is 0. The molecule has 29 heavy (non-hydrogen) atoms. The zero-order valence-electron chi connectivity index (χ0n) is 16.4. The summed E-state index contributed by atoms with van der Waals surface area (Å²) in [4.78, 5) is 4.81. The first-order chi connectivity index (χ1) is 14.1. The second-order valence-electron chi connectivity index (χ2n) is 7.77. The van der Waals surface area contributed by atoms with E-state index in [0.29, 0.717) is 5.92 Å². The molecule has 0 saturated heterocycles. The van der Waals surface area contributed by atoms with E-state index < -0.39 is 0 Å². The number of anilines is 1. The molecule has 1 N–H and O–H groups in total. The van der Waals surface area contributed by atoms with E-state index >= 15 is 0 Å². The molecule has 4 aromatic rings. The molecule has 0 saturated carbocycles. The molecular weight excluding hydrogens is 361 g/mol. The third-order valence-corrected chi connectivity index (χ3v) is 5.54. The molecule has 4 heteroatoms. The van der Waals surface area contributed by atoms with Gasteiger partial charge in [0.15, 0.2) is 0 Å². The van der Waals surface area contributed by atoms with Gasteiger partial charge in [-0.2, -0.15) is 0 Å². The molecule has 0 fully saturated rings. The molecule has 3 nitrogen and oxygen atoms in total. The Kier molecular flexibility index (Phi) is 4.20. The van der Waals surface area contributed by atoms with Gasteiger partial charge in [0.05, 0.1) is 17.1 Å². The predicted octanol–water partition coefficient (Wildman–Crippen LogP) is 6.35. The molecule has 0 unspecified atom stereocenters. The third kappa shape index (κ3) is 3.11. The standard InChI is InChI=1S/C25H22FN3/c1-16(2)17-7-9-18(10-8-17)22-15-24(19-11-13-20(26)14-12-19)29-23-6-4-3-5-21(23)27-25(29)28-22/h3-16,24H,1-2H3,(H,27,28)/t24-/m0/s1. The molecule has 0 spiro atoms. The number of halogens is 1. The van der Waals surface area contributed by atoms with E-state index in [-0.39, 0.29) is 11.9 Å². The van der Waals surface area contributed by atoms with Gasteiger partial charge in [-0.1, -0.05) is 62.4 Å². The van der Waals surface area contributed by atoms with Crippen LogP contribution in [0.1, 0.15) is 42.5 Å². The number of imidazole rings is 1. The number of para-hydroxylation sites is 2. The Morgan fingerprint density at radius 1 is 0.931 bits per heavy atom. The van der Waals surface area contributed by atoms with Crippen molar-refractivity contribution in [2.24, 2.45) is 0 Å². The van der Waals surface area contributed by atoms with Crippen molar-refractivity contribution in [3.05, 3.63) is 101 Å². The average Bonchev–Trinajstić information content (AvgIpc) is 3.12. The molecule has 1 aliphatic heterocycles. The maximum atomic E-state index is 13.5. The van der Waals surface area contributed by atoms with Crippen LogP contribution in [0.2, 0.25) is 0 Å². The lowest BCUT2D eigenvalue weighted by molar-refractivity contribution is 0.624. The number of hydrogen-bond acceptors (Lipinski definition) is 2. The van der Waals surface area contributed by atoms with Crippen molar-refractivity contribution in [3.63, 3.8) is 0 Å². The van der Waals surface area contributed by atoms with Crippen molar-refractivity contribution in [1.29, 1.82) is 0 Å². The van der Waals surface area contributed by atoms with Gasteiger partial charge < -0.3 is 5.32 Å². The summed E-state index contributed by atoms with van der Waals surface area (Å²) in [6.45, 7) is 4.39. The Labute approximate surface area is 169 Å². The van der Waals surface area contributed by atoms with Crippen LogP contribution >= 0.6 is 0 Å². The maximum absolute atomic E-state index is 13.5. The molecule has 1 aliphatic rings. The number of aromatic nitrogens is 2. The fraction of sp³-hybridized carbons (Fsp3) is 0.160. The van der Waals surface area contributed by atoms with Gasteiger partial charge in [-0.15, -0.1) is 0 Å². The van der Waals surface area contributed by atoms with Crippen LogP contribution in [0.4, 0.5) is 10.3 Å². The van der Waals surface area contributed by atoms with Gasteiger partial charge in [0.25, 0.3) is 0 Å². The Morgan fingerprint density at radius 3 is 2.38 bits per heavy atom. The van der Waals surface area contributed by atoms with Gasteiger partial charge in [0, 0.05) is 5.70 Å². The Hall–Kier alpha value is -3.40. The first-order valence-electron chi connectivity index (χ1n) is 9.92. The fourth-order valence-electron chi connectivity index (χ4n) is 3.93. The number of nitrogens with zero attached hydrogens (tertiary/aromatic N) is 2. The largest absolute Gasteiger partial charge is 0.325 e. The lowest BCUT2D eigenvalue weighted by Gasteiger charge is -2.26. The van der Waals surface area contributed by atoms with Gasteiger partial charge in [-0.05, 0) is 52.9 Å². The molecule has 0 amide bonds. The fourth-order valence-corrected chi connectivity index (χ4v) is 3.93. The highest BCUT2D eigenvalue weighted by Crippen LogP contribution is 2.37. The summed E-state index contributed by atoms with van der Waals surface area (Å²) in [6, 6.07) is 23.4. The summed E-state index contributed by atoms with van der Waals surface area (Å²) in [5.41, 5.74) is 6.44. The second kappa shape index (κ2) is 6.89. The second-order valence-corrected chi connectivity index (χ2v) is 7.77. The van der Waals surface area contributed by atoms with Crippen LogP contribution in [0.3, 0.4) is 0 Å². The van der Waals surface area contributed by atoms with Crippen LogP contribution in [-0.4, -0.2) is 9.55 Å². The van der Waals surface area contributed by atoms with E-state index in [2.05, 4.69) is 60.1 Å². The highest BCUT2D eigenvalue weighted by atomic mass is 19.1. The van der Waals surface area contributed by atoms with E-state index in [1.165, 1.54) is 17.7 Å². The molecule has 144 valence electrons.